The van der Waals surface area contributed by atoms with Crippen molar-refractivity contribution in [1.29, 1.82) is 0 Å². The number of nitrogens with zero attached hydrogens (tertiary/aromatic N) is 3. The van der Waals surface area contributed by atoms with E-state index in [1.165, 1.54) is 12.8 Å². The van der Waals surface area contributed by atoms with Gasteiger partial charge in [-0.3, -0.25) is 4.79 Å². The molecule has 0 bridgehead atoms. The molecule has 1 amide bonds. The van der Waals surface area contributed by atoms with Gasteiger partial charge in [-0.25, -0.2) is 4.98 Å². The second-order valence-corrected chi connectivity index (χ2v) is 7.50. The van der Waals surface area contributed by atoms with E-state index in [0.29, 0.717) is 18.0 Å². The van der Waals surface area contributed by atoms with Gasteiger partial charge in [0.15, 0.2) is 0 Å². The van der Waals surface area contributed by atoms with Gasteiger partial charge < -0.3 is 15.5 Å². The summed E-state index contributed by atoms with van der Waals surface area (Å²) in [5.41, 5.74) is 6.70. The second kappa shape index (κ2) is 11.6. The van der Waals surface area contributed by atoms with Crippen molar-refractivity contribution in [3.63, 3.8) is 0 Å². The first-order valence-corrected chi connectivity index (χ1v) is 9.10. The molecule has 1 fully saturated rings. The van der Waals surface area contributed by atoms with Crippen molar-refractivity contribution < 1.29 is 4.79 Å². The van der Waals surface area contributed by atoms with E-state index >= 15 is 0 Å². The van der Waals surface area contributed by atoms with E-state index in [-0.39, 0.29) is 36.8 Å². The maximum Gasteiger partial charge on any atom is 0.255 e. The van der Waals surface area contributed by atoms with Crippen LogP contribution in [0.5, 0.6) is 0 Å². The normalized spacial score (nSPS) is 15.8. The number of amides is 1. The van der Waals surface area contributed by atoms with Gasteiger partial charge >= 0.3 is 0 Å². The highest BCUT2D eigenvalue weighted by atomic mass is 35.5. The minimum atomic E-state index is 0. The Morgan fingerprint density at radius 3 is 2.42 bits per heavy atom. The molecule has 7 heteroatoms. The van der Waals surface area contributed by atoms with Crippen LogP contribution in [0.15, 0.2) is 18.3 Å². The molecule has 1 aromatic heterocycles. The Hall–Kier alpha value is -1.04. The van der Waals surface area contributed by atoms with Gasteiger partial charge in [-0.1, -0.05) is 20.8 Å². The Bertz CT molecular complexity index is 531. The molecule has 0 spiro atoms. The van der Waals surface area contributed by atoms with Crippen molar-refractivity contribution in [3.8, 4) is 0 Å². The number of rotatable bonds is 6. The molecule has 0 radical (unpaired) electrons. The third kappa shape index (κ3) is 6.93. The Labute approximate surface area is 170 Å². The number of hydrogen-bond donors (Lipinski definition) is 1. The van der Waals surface area contributed by atoms with Gasteiger partial charge in [0.2, 0.25) is 0 Å². The molecule has 2 heterocycles. The fourth-order valence-electron chi connectivity index (χ4n) is 2.94. The standard InChI is InChI=1S/C19H32N4O.2ClH/c1-14(2)17(20)9-10-22(4)19(24)16-5-6-18(21-13-16)23-11-7-15(3)8-12-23;;/h5-6,13-15,17H,7-12,20H2,1-4H3;2*1H. The monoisotopic (exact) mass is 404 g/mol. The molecule has 1 aliphatic heterocycles. The highest BCUT2D eigenvalue weighted by Gasteiger charge is 2.18. The largest absolute Gasteiger partial charge is 0.357 e. The summed E-state index contributed by atoms with van der Waals surface area (Å²) in [5, 5.41) is 0. The van der Waals surface area contributed by atoms with Gasteiger partial charge in [0.1, 0.15) is 5.82 Å². The molecule has 0 saturated carbocycles. The average molecular weight is 405 g/mol. The Kier molecular flexibility index (Phi) is 11.2. The molecule has 26 heavy (non-hydrogen) atoms. The Balaban J connectivity index is 0.00000312. The summed E-state index contributed by atoms with van der Waals surface area (Å²) in [6.07, 6.45) is 4.94. The van der Waals surface area contributed by atoms with E-state index < -0.39 is 0 Å². The maximum atomic E-state index is 12.5. The summed E-state index contributed by atoms with van der Waals surface area (Å²) in [6.45, 7) is 9.29. The van der Waals surface area contributed by atoms with Gasteiger partial charge in [-0.05, 0) is 43.2 Å². The van der Waals surface area contributed by atoms with Crippen LogP contribution in [-0.4, -0.2) is 48.5 Å². The van der Waals surface area contributed by atoms with Crippen LogP contribution in [-0.2, 0) is 0 Å². The summed E-state index contributed by atoms with van der Waals surface area (Å²) in [5.74, 6) is 2.22. The lowest BCUT2D eigenvalue weighted by Gasteiger charge is -2.31. The molecule has 1 atom stereocenters. The zero-order chi connectivity index (χ0) is 17.7. The lowest BCUT2D eigenvalue weighted by atomic mass is 9.99. The predicted octanol–water partition coefficient (Wildman–Crippen LogP) is 3.61. The fourth-order valence-corrected chi connectivity index (χ4v) is 2.94. The Morgan fingerprint density at radius 1 is 1.31 bits per heavy atom. The third-order valence-electron chi connectivity index (χ3n) is 5.10. The summed E-state index contributed by atoms with van der Waals surface area (Å²) < 4.78 is 0. The van der Waals surface area contributed by atoms with E-state index in [0.717, 1.165) is 31.2 Å². The number of anilines is 1. The molecular weight excluding hydrogens is 371 g/mol. The van der Waals surface area contributed by atoms with Gasteiger partial charge in [0.05, 0.1) is 5.56 Å². The van der Waals surface area contributed by atoms with Crippen LogP contribution in [0.4, 0.5) is 5.82 Å². The average Bonchev–Trinajstić information content (AvgIpc) is 2.59. The molecule has 150 valence electrons. The first-order valence-electron chi connectivity index (χ1n) is 9.10. The SMILES string of the molecule is CC1CCN(c2ccc(C(=O)N(C)CCC(N)C(C)C)cn2)CC1.Cl.Cl. The molecule has 2 rings (SSSR count). The fraction of sp³-hybridized carbons (Fsp3) is 0.684. The van der Waals surface area contributed by atoms with E-state index in [1.54, 1.807) is 11.1 Å². The first kappa shape index (κ1) is 25.0. The Morgan fingerprint density at radius 2 is 1.92 bits per heavy atom. The van der Waals surface area contributed by atoms with Crippen molar-refractivity contribution in [2.24, 2.45) is 17.6 Å². The summed E-state index contributed by atoms with van der Waals surface area (Å²) in [4.78, 5) is 21.0. The van der Waals surface area contributed by atoms with Crippen LogP contribution in [0.2, 0.25) is 0 Å². The minimum absolute atomic E-state index is 0. The zero-order valence-electron chi connectivity index (χ0n) is 16.4. The van der Waals surface area contributed by atoms with E-state index in [4.69, 9.17) is 5.73 Å². The number of pyridine rings is 1. The molecule has 1 aliphatic rings. The second-order valence-electron chi connectivity index (χ2n) is 7.50. The van der Waals surface area contributed by atoms with Crippen LogP contribution in [0.25, 0.3) is 0 Å². The van der Waals surface area contributed by atoms with Crippen LogP contribution in [0.3, 0.4) is 0 Å². The molecule has 0 aliphatic carbocycles. The van der Waals surface area contributed by atoms with E-state index in [2.05, 4.69) is 30.7 Å². The number of nitrogens with two attached hydrogens (primary N) is 1. The quantitative estimate of drug-likeness (QED) is 0.786. The van der Waals surface area contributed by atoms with Crippen molar-refractivity contribution in [1.82, 2.24) is 9.88 Å². The predicted molar refractivity (Wildman–Crippen MR) is 114 cm³/mol. The topological polar surface area (TPSA) is 62.5 Å². The number of carbonyl (C=O) groups excluding carboxylic acids is 1. The summed E-state index contributed by atoms with van der Waals surface area (Å²) in [6, 6.07) is 3.99. The van der Waals surface area contributed by atoms with Crippen molar-refractivity contribution in [2.75, 3.05) is 31.6 Å². The highest BCUT2D eigenvalue weighted by Crippen LogP contribution is 2.21. The summed E-state index contributed by atoms with van der Waals surface area (Å²) >= 11 is 0. The molecule has 1 unspecified atom stereocenters. The number of hydrogen-bond acceptors (Lipinski definition) is 4. The lowest BCUT2D eigenvalue weighted by molar-refractivity contribution is 0.0789. The van der Waals surface area contributed by atoms with Gasteiger partial charge in [-0.2, -0.15) is 0 Å². The lowest BCUT2D eigenvalue weighted by Crippen LogP contribution is -2.35. The van der Waals surface area contributed by atoms with Gasteiger partial charge in [0.25, 0.3) is 5.91 Å². The van der Waals surface area contributed by atoms with Crippen LogP contribution < -0.4 is 10.6 Å². The van der Waals surface area contributed by atoms with Gasteiger partial charge in [-0.15, -0.1) is 24.8 Å². The van der Waals surface area contributed by atoms with Crippen molar-refractivity contribution >= 4 is 36.5 Å². The summed E-state index contributed by atoms with van der Waals surface area (Å²) in [7, 11) is 1.83. The van der Waals surface area contributed by atoms with Crippen LogP contribution in [0, 0.1) is 11.8 Å². The number of aromatic nitrogens is 1. The molecule has 2 N–H and O–H groups in total. The number of halogens is 2. The number of carbonyl (C=O) groups is 1. The van der Waals surface area contributed by atoms with Crippen LogP contribution in [0.1, 0.15) is 50.4 Å². The van der Waals surface area contributed by atoms with E-state index in [1.807, 2.05) is 19.2 Å². The van der Waals surface area contributed by atoms with Crippen molar-refractivity contribution in [3.05, 3.63) is 23.9 Å². The zero-order valence-corrected chi connectivity index (χ0v) is 18.0. The van der Waals surface area contributed by atoms with Gasteiger partial charge in [0, 0.05) is 38.9 Å². The van der Waals surface area contributed by atoms with Crippen LogP contribution >= 0.6 is 24.8 Å². The number of piperidine rings is 1. The maximum absolute atomic E-state index is 12.5. The molecule has 1 saturated heterocycles. The highest BCUT2D eigenvalue weighted by molar-refractivity contribution is 5.93. The molecule has 0 aromatic carbocycles. The van der Waals surface area contributed by atoms with E-state index in [9.17, 15) is 4.79 Å². The molecular formula is C19H34Cl2N4O. The smallest absolute Gasteiger partial charge is 0.255 e. The van der Waals surface area contributed by atoms with Crippen molar-refractivity contribution in [2.45, 2.75) is 46.1 Å². The third-order valence-corrected chi connectivity index (χ3v) is 5.10. The first-order chi connectivity index (χ1) is 11.4. The minimum Gasteiger partial charge on any atom is -0.357 e. The molecule has 1 aromatic rings. The molecule has 5 nitrogen and oxygen atoms in total.